The standard InChI is InChI=1S/C29H60O4/c1-14-26(10,29(13,17-4)32-21-19-27(11,30)15-2)22-24(7)33-28(12,16-3)25(8,9)18-20-31-23(5)6/h23-24,30H,14-22H2,1-13H3. The van der Waals surface area contributed by atoms with Crippen LogP contribution in [-0.4, -0.2) is 47.3 Å². The lowest BCUT2D eigenvalue weighted by Gasteiger charge is -2.50. The Bertz CT molecular complexity index is 544. The molecule has 5 unspecified atom stereocenters. The van der Waals surface area contributed by atoms with Gasteiger partial charge in [-0.15, -0.1) is 0 Å². The van der Waals surface area contributed by atoms with Crippen LogP contribution in [0.25, 0.3) is 0 Å². The van der Waals surface area contributed by atoms with Crippen LogP contribution in [-0.2, 0) is 14.2 Å². The number of aliphatic hydroxyl groups is 1. The van der Waals surface area contributed by atoms with Gasteiger partial charge in [-0.25, -0.2) is 0 Å². The van der Waals surface area contributed by atoms with E-state index in [1.54, 1.807) is 0 Å². The minimum absolute atomic E-state index is 0.00378. The summed E-state index contributed by atoms with van der Waals surface area (Å²) in [6.45, 7) is 29.8. The van der Waals surface area contributed by atoms with Gasteiger partial charge in [0.2, 0.25) is 0 Å². The van der Waals surface area contributed by atoms with E-state index in [9.17, 15) is 5.11 Å². The Morgan fingerprint density at radius 2 is 1.24 bits per heavy atom. The molecule has 33 heavy (non-hydrogen) atoms. The predicted molar refractivity (Wildman–Crippen MR) is 142 cm³/mol. The lowest BCUT2D eigenvalue weighted by Crippen LogP contribution is -2.51. The summed E-state index contributed by atoms with van der Waals surface area (Å²) in [5.74, 6) is 0. The fourth-order valence-electron chi connectivity index (χ4n) is 4.77. The third-order valence-electron chi connectivity index (χ3n) is 9.04. The van der Waals surface area contributed by atoms with Crippen molar-refractivity contribution >= 4 is 0 Å². The monoisotopic (exact) mass is 472 g/mol. The highest BCUT2D eigenvalue weighted by atomic mass is 16.5. The molecule has 4 heteroatoms. The first-order valence-electron chi connectivity index (χ1n) is 13.6. The first-order chi connectivity index (χ1) is 15.0. The first-order valence-corrected chi connectivity index (χ1v) is 13.6. The quantitative estimate of drug-likeness (QED) is 0.220. The summed E-state index contributed by atoms with van der Waals surface area (Å²) in [4.78, 5) is 0. The van der Waals surface area contributed by atoms with Gasteiger partial charge in [0.1, 0.15) is 0 Å². The third-order valence-corrected chi connectivity index (χ3v) is 9.04. The van der Waals surface area contributed by atoms with Crippen LogP contribution < -0.4 is 0 Å². The Morgan fingerprint density at radius 3 is 1.67 bits per heavy atom. The van der Waals surface area contributed by atoms with Gasteiger partial charge in [0.25, 0.3) is 0 Å². The van der Waals surface area contributed by atoms with Crippen LogP contribution in [0.4, 0.5) is 0 Å². The second kappa shape index (κ2) is 13.2. The number of hydrogen-bond donors (Lipinski definition) is 1. The van der Waals surface area contributed by atoms with Crippen molar-refractivity contribution in [2.24, 2.45) is 10.8 Å². The molecule has 0 bridgehead atoms. The van der Waals surface area contributed by atoms with E-state index in [1.807, 2.05) is 13.8 Å². The number of ether oxygens (including phenoxy) is 3. The zero-order chi connectivity index (χ0) is 26.1. The molecule has 0 aliphatic heterocycles. The minimum Gasteiger partial charge on any atom is -0.390 e. The van der Waals surface area contributed by atoms with Crippen molar-refractivity contribution in [3.63, 3.8) is 0 Å². The van der Waals surface area contributed by atoms with Crippen molar-refractivity contribution in [3.05, 3.63) is 0 Å². The Labute approximate surface area is 207 Å². The highest BCUT2D eigenvalue weighted by Gasteiger charge is 2.47. The molecular formula is C29H60O4. The SMILES string of the molecule is CCC(C)(O)CCOC(C)(CC)C(C)(CC)CC(C)OC(C)(CC)C(C)(C)CCOC(C)C. The molecule has 0 amide bonds. The molecule has 4 nitrogen and oxygen atoms in total. The molecule has 0 aromatic heterocycles. The highest BCUT2D eigenvalue weighted by molar-refractivity contribution is 4.96. The van der Waals surface area contributed by atoms with Gasteiger partial charge >= 0.3 is 0 Å². The molecule has 200 valence electrons. The van der Waals surface area contributed by atoms with Crippen molar-refractivity contribution in [3.8, 4) is 0 Å². The molecule has 0 saturated carbocycles. The molecule has 0 aromatic carbocycles. The molecule has 0 aromatic rings. The minimum atomic E-state index is -0.665. The van der Waals surface area contributed by atoms with Crippen LogP contribution in [0.2, 0.25) is 0 Å². The number of rotatable bonds is 18. The lowest BCUT2D eigenvalue weighted by atomic mass is 9.67. The number of hydrogen-bond acceptors (Lipinski definition) is 4. The maximum Gasteiger partial charge on any atom is 0.0707 e. The van der Waals surface area contributed by atoms with Gasteiger partial charge < -0.3 is 19.3 Å². The van der Waals surface area contributed by atoms with Crippen LogP contribution in [0.5, 0.6) is 0 Å². The molecule has 0 radical (unpaired) electrons. The molecule has 1 N–H and O–H groups in total. The summed E-state index contributed by atoms with van der Waals surface area (Å²) in [7, 11) is 0. The van der Waals surface area contributed by atoms with Gasteiger partial charge in [-0.2, -0.15) is 0 Å². The van der Waals surface area contributed by atoms with Crippen molar-refractivity contribution in [2.75, 3.05) is 13.2 Å². The molecule has 0 spiro atoms. The molecule has 0 fully saturated rings. The van der Waals surface area contributed by atoms with E-state index >= 15 is 0 Å². The Hall–Kier alpha value is -0.160. The highest BCUT2D eigenvalue weighted by Crippen LogP contribution is 2.47. The van der Waals surface area contributed by atoms with Gasteiger partial charge in [0.05, 0.1) is 35.6 Å². The summed E-state index contributed by atoms with van der Waals surface area (Å²) in [5.41, 5.74) is -1.19. The van der Waals surface area contributed by atoms with Crippen molar-refractivity contribution in [2.45, 2.75) is 164 Å². The van der Waals surface area contributed by atoms with Crippen LogP contribution in [0.15, 0.2) is 0 Å². The fraction of sp³-hybridized carbons (Fsp3) is 1.00. The van der Waals surface area contributed by atoms with Gasteiger partial charge in [0, 0.05) is 6.61 Å². The largest absolute Gasteiger partial charge is 0.390 e. The van der Waals surface area contributed by atoms with Gasteiger partial charge in [0.15, 0.2) is 0 Å². The van der Waals surface area contributed by atoms with Crippen molar-refractivity contribution < 1.29 is 19.3 Å². The summed E-state index contributed by atoms with van der Waals surface area (Å²) in [6.07, 6.45) is 6.58. The first kappa shape index (κ1) is 32.8. The summed E-state index contributed by atoms with van der Waals surface area (Å²) in [6, 6.07) is 0. The summed E-state index contributed by atoms with van der Waals surface area (Å²) >= 11 is 0. The average Bonchev–Trinajstić information content (AvgIpc) is 2.72. The zero-order valence-corrected chi connectivity index (χ0v) is 24.7. The molecule has 0 heterocycles. The molecular weight excluding hydrogens is 412 g/mol. The Balaban J connectivity index is 5.41. The molecule has 0 aliphatic carbocycles. The predicted octanol–water partition coefficient (Wildman–Crippen LogP) is 7.94. The molecule has 0 rings (SSSR count). The van der Waals surface area contributed by atoms with Crippen LogP contribution in [0.3, 0.4) is 0 Å². The Kier molecular flexibility index (Phi) is 13.2. The molecule has 0 saturated heterocycles. The topological polar surface area (TPSA) is 47.9 Å². The smallest absolute Gasteiger partial charge is 0.0707 e. The van der Waals surface area contributed by atoms with Crippen molar-refractivity contribution in [1.29, 1.82) is 0 Å². The maximum absolute atomic E-state index is 10.4. The fourth-order valence-corrected chi connectivity index (χ4v) is 4.77. The third kappa shape index (κ3) is 9.43. The van der Waals surface area contributed by atoms with E-state index < -0.39 is 5.60 Å². The summed E-state index contributed by atoms with van der Waals surface area (Å²) < 4.78 is 19.3. The van der Waals surface area contributed by atoms with Gasteiger partial charge in [-0.05, 0) is 97.3 Å². The van der Waals surface area contributed by atoms with E-state index in [2.05, 4.69) is 76.2 Å². The van der Waals surface area contributed by atoms with Crippen molar-refractivity contribution in [1.82, 2.24) is 0 Å². The van der Waals surface area contributed by atoms with E-state index in [1.165, 1.54) is 0 Å². The maximum atomic E-state index is 10.4. The van der Waals surface area contributed by atoms with Gasteiger partial charge in [-0.1, -0.05) is 48.5 Å². The second-order valence-corrected chi connectivity index (χ2v) is 12.2. The molecule has 5 atom stereocenters. The Morgan fingerprint density at radius 1 is 0.697 bits per heavy atom. The van der Waals surface area contributed by atoms with Gasteiger partial charge in [-0.3, -0.25) is 0 Å². The van der Waals surface area contributed by atoms with Crippen LogP contribution in [0.1, 0.15) is 135 Å². The van der Waals surface area contributed by atoms with E-state index in [0.29, 0.717) is 13.0 Å². The average molecular weight is 473 g/mol. The normalized spacial score (nSPS) is 21.2. The van der Waals surface area contributed by atoms with Crippen LogP contribution in [0, 0.1) is 10.8 Å². The second-order valence-electron chi connectivity index (χ2n) is 12.2. The zero-order valence-electron chi connectivity index (χ0n) is 24.7. The summed E-state index contributed by atoms with van der Waals surface area (Å²) in [5, 5.41) is 10.4. The lowest BCUT2D eigenvalue weighted by molar-refractivity contribution is -0.184. The van der Waals surface area contributed by atoms with E-state index in [4.69, 9.17) is 14.2 Å². The molecule has 0 aliphatic rings. The van der Waals surface area contributed by atoms with Crippen LogP contribution >= 0.6 is 0 Å². The van der Waals surface area contributed by atoms with E-state index in [0.717, 1.165) is 45.1 Å². The van der Waals surface area contributed by atoms with E-state index in [-0.39, 0.29) is 34.2 Å².